The molecule has 26 heavy (non-hydrogen) atoms. The van der Waals surface area contributed by atoms with E-state index in [1.165, 1.54) is 0 Å². The summed E-state index contributed by atoms with van der Waals surface area (Å²) < 4.78 is 10.4. The number of ether oxygens (including phenoxy) is 2. The number of terminal acetylenes is 1. The Hall–Kier alpha value is -3.01. The Bertz CT molecular complexity index is 685. The molecule has 1 rings (SSSR count). The highest BCUT2D eigenvalue weighted by Gasteiger charge is 2.21. The highest BCUT2D eigenvalue weighted by atomic mass is 16.6. The van der Waals surface area contributed by atoms with E-state index in [1.54, 1.807) is 65.8 Å². The zero-order valence-electron chi connectivity index (χ0n) is 16.0. The van der Waals surface area contributed by atoms with Crippen molar-refractivity contribution in [2.24, 2.45) is 4.99 Å². The van der Waals surface area contributed by atoms with Gasteiger partial charge in [-0.15, -0.1) is 6.42 Å². The Morgan fingerprint density at radius 2 is 1.35 bits per heavy atom. The molecule has 0 saturated heterocycles. The number of amides is 2. The van der Waals surface area contributed by atoms with Crippen LogP contribution in [0.15, 0.2) is 29.3 Å². The molecule has 0 bridgehead atoms. The van der Waals surface area contributed by atoms with Gasteiger partial charge in [-0.1, -0.05) is 5.92 Å². The molecule has 0 radical (unpaired) electrons. The Kier molecular flexibility index (Phi) is 6.78. The van der Waals surface area contributed by atoms with Crippen LogP contribution in [0, 0.1) is 12.3 Å². The van der Waals surface area contributed by atoms with Gasteiger partial charge in [0, 0.05) is 5.56 Å². The number of hydrogen-bond donors (Lipinski definition) is 2. The first-order chi connectivity index (χ1) is 11.9. The van der Waals surface area contributed by atoms with Gasteiger partial charge < -0.3 is 9.47 Å². The van der Waals surface area contributed by atoms with Crippen LogP contribution in [0.2, 0.25) is 0 Å². The molecule has 2 amide bonds. The Labute approximate surface area is 154 Å². The monoisotopic (exact) mass is 359 g/mol. The van der Waals surface area contributed by atoms with Crippen molar-refractivity contribution >= 4 is 23.8 Å². The predicted molar refractivity (Wildman–Crippen MR) is 100 cm³/mol. The molecule has 140 valence electrons. The minimum atomic E-state index is -0.757. The molecule has 0 unspecified atom stereocenters. The third-order valence-corrected chi connectivity index (χ3v) is 2.51. The highest BCUT2D eigenvalue weighted by molar-refractivity contribution is 6.02. The van der Waals surface area contributed by atoms with E-state index in [-0.39, 0.29) is 5.96 Å². The maximum atomic E-state index is 12.0. The van der Waals surface area contributed by atoms with Crippen molar-refractivity contribution < 1.29 is 19.1 Å². The summed E-state index contributed by atoms with van der Waals surface area (Å²) in [5.41, 5.74) is -0.234. The largest absolute Gasteiger partial charge is 0.444 e. The first-order valence-corrected chi connectivity index (χ1v) is 8.03. The molecule has 0 saturated carbocycles. The smallest absolute Gasteiger partial charge is 0.414 e. The molecule has 0 aromatic heterocycles. The number of guanidine groups is 1. The van der Waals surface area contributed by atoms with E-state index >= 15 is 0 Å². The summed E-state index contributed by atoms with van der Waals surface area (Å²) >= 11 is 0. The van der Waals surface area contributed by atoms with Crippen molar-refractivity contribution in [3.05, 3.63) is 29.8 Å². The molecular formula is C19H25N3O4. The molecule has 0 aliphatic heterocycles. The van der Waals surface area contributed by atoms with E-state index < -0.39 is 23.4 Å². The fraction of sp³-hybridized carbons (Fsp3) is 0.421. The van der Waals surface area contributed by atoms with E-state index in [1.807, 2.05) is 0 Å². The summed E-state index contributed by atoms with van der Waals surface area (Å²) in [5, 5.41) is 4.81. The topological polar surface area (TPSA) is 89.0 Å². The fourth-order valence-electron chi connectivity index (χ4n) is 1.65. The lowest BCUT2D eigenvalue weighted by Crippen LogP contribution is -2.47. The third-order valence-electron chi connectivity index (χ3n) is 2.51. The number of carbonyl (C=O) groups is 2. The van der Waals surface area contributed by atoms with Crippen molar-refractivity contribution in [2.75, 3.05) is 0 Å². The average molecular weight is 359 g/mol. The summed E-state index contributed by atoms with van der Waals surface area (Å²) in [4.78, 5) is 28.2. The van der Waals surface area contributed by atoms with Gasteiger partial charge in [0.2, 0.25) is 5.96 Å². The van der Waals surface area contributed by atoms with Gasteiger partial charge >= 0.3 is 12.2 Å². The number of benzene rings is 1. The lowest BCUT2D eigenvalue weighted by Gasteiger charge is -2.22. The van der Waals surface area contributed by atoms with Crippen LogP contribution in [0.1, 0.15) is 47.1 Å². The Balaban J connectivity index is 2.99. The number of alkyl carbamates (subject to hydrolysis) is 2. The van der Waals surface area contributed by atoms with Crippen molar-refractivity contribution in [1.82, 2.24) is 10.6 Å². The number of carbonyl (C=O) groups excluding carboxylic acids is 2. The first kappa shape index (κ1) is 21.0. The summed E-state index contributed by atoms with van der Waals surface area (Å²) in [7, 11) is 0. The van der Waals surface area contributed by atoms with Gasteiger partial charge in [0.25, 0.3) is 0 Å². The molecule has 0 heterocycles. The molecule has 1 aromatic rings. The molecule has 0 spiro atoms. The number of hydrogen-bond acceptors (Lipinski definition) is 5. The molecule has 1 aromatic carbocycles. The van der Waals surface area contributed by atoms with Gasteiger partial charge in [0.05, 0.1) is 5.69 Å². The van der Waals surface area contributed by atoms with Crippen molar-refractivity contribution in [3.8, 4) is 12.3 Å². The normalized spacial score (nSPS) is 11.0. The number of nitrogens with one attached hydrogen (secondary N) is 2. The molecule has 0 atom stereocenters. The maximum absolute atomic E-state index is 12.0. The van der Waals surface area contributed by atoms with Crippen LogP contribution < -0.4 is 10.6 Å². The quantitative estimate of drug-likeness (QED) is 0.454. The molecule has 7 heteroatoms. The second-order valence-electron chi connectivity index (χ2n) is 7.41. The molecule has 0 aliphatic carbocycles. The zero-order valence-corrected chi connectivity index (χ0v) is 16.0. The zero-order chi connectivity index (χ0) is 20.0. The summed E-state index contributed by atoms with van der Waals surface area (Å²) in [5.74, 6) is 2.37. The van der Waals surface area contributed by atoms with Crippen LogP contribution >= 0.6 is 0 Å². The van der Waals surface area contributed by atoms with Gasteiger partial charge in [-0.2, -0.15) is 0 Å². The summed E-state index contributed by atoms with van der Waals surface area (Å²) in [6.45, 7) is 10.4. The molecule has 0 fully saturated rings. The number of aliphatic imine (C=N–C) groups is 1. The van der Waals surface area contributed by atoms with E-state index in [9.17, 15) is 9.59 Å². The van der Waals surface area contributed by atoms with Crippen LogP contribution in [-0.2, 0) is 9.47 Å². The molecule has 7 nitrogen and oxygen atoms in total. The average Bonchev–Trinajstić information content (AvgIpc) is 2.43. The van der Waals surface area contributed by atoms with Gasteiger partial charge in [0.1, 0.15) is 11.2 Å². The SMILES string of the molecule is C#Cc1ccc(N=C(NC(=O)OC(C)(C)C)NC(=O)OC(C)(C)C)cc1. The van der Waals surface area contributed by atoms with Crippen LogP contribution in [-0.4, -0.2) is 29.3 Å². The van der Waals surface area contributed by atoms with Crippen LogP contribution in [0.4, 0.5) is 15.3 Å². The second-order valence-corrected chi connectivity index (χ2v) is 7.41. The van der Waals surface area contributed by atoms with Crippen LogP contribution in [0.3, 0.4) is 0 Å². The number of rotatable bonds is 1. The van der Waals surface area contributed by atoms with E-state index in [0.717, 1.165) is 0 Å². The Morgan fingerprint density at radius 3 is 1.69 bits per heavy atom. The minimum Gasteiger partial charge on any atom is -0.444 e. The lowest BCUT2D eigenvalue weighted by atomic mass is 10.2. The first-order valence-electron chi connectivity index (χ1n) is 8.03. The van der Waals surface area contributed by atoms with Crippen molar-refractivity contribution in [1.29, 1.82) is 0 Å². The third kappa shape index (κ3) is 8.73. The van der Waals surface area contributed by atoms with Gasteiger partial charge in [-0.05, 0) is 65.8 Å². The summed E-state index contributed by atoms with van der Waals surface area (Å²) in [6, 6.07) is 6.69. The molecule has 0 aliphatic rings. The molecule has 2 N–H and O–H groups in total. The van der Waals surface area contributed by atoms with Crippen LogP contribution in [0.25, 0.3) is 0 Å². The Morgan fingerprint density at radius 1 is 0.923 bits per heavy atom. The van der Waals surface area contributed by atoms with Crippen LogP contribution in [0.5, 0.6) is 0 Å². The van der Waals surface area contributed by atoms with Gasteiger partial charge in [-0.25, -0.2) is 14.6 Å². The standard InChI is InChI=1S/C19H25N3O4/c1-8-13-9-11-14(12-10-13)20-15(21-16(23)25-18(2,3)4)22-17(24)26-19(5,6)7/h1,9-12H,2-7H3,(H2,20,21,22,23,24). The molecular weight excluding hydrogens is 334 g/mol. The van der Waals surface area contributed by atoms with Gasteiger partial charge in [-0.3, -0.25) is 10.6 Å². The van der Waals surface area contributed by atoms with E-state index in [4.69, 9.17) is 15.9 Å². The van der Waals surface area contributed by atoms with Gasteiger partial charge in [0.15, 0.2) is 0 Å². The van der Waals surface area contributed by atoms with E-state index in [2.05, 4.69) is 21.5 Å². The minimum absolute atomic E-state index is 0.123. The van der Waals surface area contributed by atoms with E-state index in [0.29, 0.717) is 11.3 Å². The van der Waals surface area contributed by atoms with Crippen molar-refractivity contribution in [2.45, 2.75) is 52.7 Å². The second kappa shape index (κ2) is 8.39. The number of nitrogens with zero attached hydrogens (tertiary/aromatic N) is 1. The maximum Gasteiger partial charge on any atom is 0.414 e. The predicted octanol–water partition coefficient (Wildman–Crippen LogP) is 3.70. The fourth-order valence-corrected chi connectivity index (χ4v) is 1.65. The van der Waals surface area contributed by atoms with Crippen molar-refractivity contribution in [3.63, 3.8) is 0 Å². The highest BCUT2D eigenvalue weighted by Crippen LogP contribution is 2.13. The summed E-state index contributed by atoms with van der Waals surface area (Å²) in [6.07, 6.45) is 3.80. The lowest BCUT2D eigenvalue weighted by molar-refractivity contribution is 0.0545.